The third-order valence-corrected chi connectivity index (χ3v) is 6.07. The molecular formula is C20H17N3OS. The fraction of sp³-hybridized carbons (Fsp3) is 0.200. The number of hydrogen-bond acceptors (Lipinski definition) is 3. The predicted molar refractivity (Wildman–Crippen MR) is 101 cm³/mol. The first kappa shape index (κ1) is 14.7. The van der Waals surface area contributed by atoms with E-state index in [1.54, 1.807) is 11.3 Å². The van der Waals surface area contributed by atoms with Gasteiger partial charge in [-0.1, -0.05) is 30.3 Å². The van der Waals surface area contributed by atoms with E-state index in [1.807, 2.05) is 53.6 Å². The Morgan fingerprint density at radius 2 is 2.00 bits per heavy atom. The Bertz CT molecular complexity index is 1050. The lowest BCUT2D eigenvalue weighted by Crippen LogP contribution is -2.30. The minimum Gasteiger partial charge on any atom is -0.360 e. The lowest BCUT2D eigenvalue weighted by atomic mass is 10.1. The van der Waals surface area contributed by atoms with E-state index in [9.17, 15) is 4.79 Å². The smallest absolute Gasteiger partial charge is 0.256 e. The van der Waals surface area contributed by atoms with Crippen molar-refractivity contribution in [2.75, 3.05) is 6.54 Å². The van der Waals surface area contributed by atoms with Gasteiger partial charge >= 0.3 is 0 Å². The Morgan fingerprint density at radius 3 is 2.92 bits per heavy atom. The molecule has 1 unspecified atom stereocenters. The molecule has 5 rings (SSSR count). The molecule has 1 aliphatic rings. The average Bonchev–Trinajstić information content (AvgIpc) is 3.37. The number of aromatic nitrogens is 2. The maximum Gasteiger partial charge on any atom is 0.256 e. The molecule has 124 valence electrons. The summed E-state index contributed by atoms with van der Waals surface area (Å²) in [6, 6.07) is 16.2. The van der Waals surface area contributed by atoms with E-state index >= 15 is 0 Å². The molecule has 2 aromatic carbocycles. The summed E-state index contributed by atoms with van der Waals surface area (Å²) >= 11 is 1.70. The topological polar surface area (TPSA) is 49.0 Å². The number of aromatic amines is 1. The van der Waals surface area contributed by atoms with E-state index in [-0.39, 0.29) is 11.9 Å². The first-order chi connectivity index (χ1) is 12.3. The number of nitrogens with one attached hydrogen (secondary N) is 1. The molecule has 5 heteroatoms. The molecular weight excluding hydrogens is 330 g/mol. The Kier molecular flexibility index (Phi) is 3.35. The second-order valence-electron chi connectivity index (χ2n) is 6.42. The van der Waals surface area contributed by atoms with Gasteiger partial charge in [-0.25, -0.2) is 4.98 Å². The summed E-state index contributed by atoms with van der Waals surface area (Å²) in [7, 11) is 0. The Morgan fingerprint density at radius 1 is 1.16 bits per heavy atom. The zero-order valence-corrected chi connectivity index (χ0v) is 14.4. The van der Waals surface area contributed by atoms with Gasteiger partial charge in [-0.15, -0.1) is 11.3 Å². The highest BCUT2D eigenvalue weighted by molar-refractivity contribution is 7.18. The fourth-order valence-electron chi connectivity index (χ4n) is 3.70. The Balaban J connectivity index is 1.53. The van der Waals surface area contributed by atoms with Crippen molar-refractivity contribution < 1.29 is 4.79 Å². The number of benzene rings is 2. The van der Waals surface area contributed by atoms with Crippen LogP contribution in [-0.4, -0.2) is 27.3 Å². The maximum atomic E-state index is 13.2. The quantitative estimate of drug-likeness (QED) is 0.568. The highest BCUT2D eigenvalue weighted by atomic mass is 32.1. The summed E-state index contributed by atoms with van der Waals surface area (Å²) in [5.74, 6) is 0.0965. The van der Waals surface area contributed by atoms with Gasteiger partial charge in [0.15, 0.2) is 0 Å². The van der Waals surface area contributed by atoms with Gasteiger partial charge in [0.05, 0.1) is 21.8 Å². The first-order valence-electron chi connectivity index (χ1n) is 8.54. The molecule has 1 amide bonds. The summed E-state index contributed by atoms with van der Waals surface area (Å²) in [6.45, 7) is 0.791. The van der Waals surface area contributed by atoms with Gasteiger partial charge in [0.25, 0.3) is 5.91 Å². The molecule has 1 saturated heterocycles. The molecule has 1 aliphatic heterocycles. The Labute approximate surface area is 149 Å². The van der Waals surface area contributed by atoms with Crippen molar-refractivity contribution in [3.63, 3.8) is 0 Å². The number of thiazole rings is 1. The lowest BCUT2D eigenvalue weighted by molar-refractivity contribution is 0.0737. The summed E-state index contributed by atoms with van der Waals surface area (Å²) in [5, 5.41) is 2.04. The van der Waals surface area contributed by atoms with Crippen LogP contribution in [-0.2, 0) is 0 Å². The number of rotatable bonds is 2. The summed E-state index contributed by atoms with van der Waals surface area (Å²) in [5.41, 5.74) is 2.78. The molecule has 1 fully saturated rings. The van der Waals surface area contributed by atoms with Gasteiger partial charge in [-0.05, 0) is 31.0 Å². The maximum absolute atomic E-state index is 13.2. The molecule has 4 nitrogen and oxygen atoms in total. The molecule has 25 heavy (non-hydrogen) atoms. The number of carbonyl (C=O) groups excluding carboxylic acids is 1. The molecule has 0 saturated carbocycles. The standard InChI is InChI=1S/C20H17N3OS/c24-20(14-12-21-15-7-2-1-6-13(14)15)23-11-5-9-17(23)19-22-16-8-3-4-10-18(16)25-19/h1-4,6-8,10,12,17,21H,5,9,11H2. The second-order valence-corrected chi connectivity index (χ2v) is 7.49. The number of nitrogens with zero attached hydrogens (tertiary/aromatic N) is 2. The van der Waals surface area contributed by atoms with Gasteiger partial charge < -0.3 is 9.88 Å². The molecule has 2 aromatic heterocycles. The van der Waals surface area contributed by atoms with Gasteiger partial charge in [0, 0.05) is 23.6 Å². The third kappa shape index (κ3) is 2.35. The van der Waals surface area contributed by atoms with Crippen molar-refractivity contribution in [3.05, 3.63) is 65.3 Å². The van der Waals surface area contributed by atoms with E-state index in [4.69, 9.17) is 4.98 Å². The van der Waals surface area contributed by atoms with Crippen LogP contribution in [0.5, 0.6) is 0 Å². The Hall–Kier alpha value is -2.66. The van der Waals surface area contributed by atoms with Gasteiger partial charge in [0.1, 0.15) is 5.01 Å². The predicted octanol–water partition coefficient (Wildman–Crippen LogP) is 4.75. The minimum atomic E-state index is 0.0820. The zero-order valence-electron chi connectivity index (χ0n) is 13.6. The van der Waals surface area contributed by atoms with Crippen LogP contribution in [0.3, 0.4) is 0 Å². The van der Waals surface area contributed by atoms with Crippen molar-refractivity contribution in [2.45, 2.75) is 18.9 Å². The average molecular weight is 347 g/mol. The van der Waals surface area contributed by atoms with E-state index in [1.165, 1.54) is 4.70 Å². The molecule has 0 spiro atoms. The lowest BCUT2D eigenvalue weighted by Gasteiger charge is -2.22. The third-order valence-electron chi connectivity index (χ3n) is 4.93. The van der Waals surface area contributed by atoms with E-state index in [0.29, 0.717) is 0 Å². The number of amides is 1. The van der Waals surface area contributed by atoms with Crippen molar-refractivity contribution in [1.29, 1.82) is 0 Å². The summed E-state index contributed by atoms with van der Waals surface area (Å²) in [4.78, 5) is 23.2. The second kappa shape index (κ2) is 5.70. The van der Waals surface area contributed by atoms with Crippen LogP contribution >= 0.6 is 11.3 Å². The van der Waals surface area contributed by atoms with Crippen LogP contribution in [0.15, 0.2) is 54.7 Å². The zero-order chi connectivity index (χ0) is 16.8. The number of fused-ring (bicyclic) bond motifs is 2. The van der Waals surface area contributed by atoms with Crippen LogP contribution in [0.2, 0.25) is 0 Å². The van der Waals surface area contributed by atoms with Gasteiger partial charge in [0.2, 0.25) is 0 Å². The number of hydrogen-bond donors (Lipinski definition) is 1. The van der Waals surface area contributed by atoms with Crippen LogP contribution < -0.4 is 0 Å². The van der Waals surface area contributed by atoms with Gasteiger partial charge in [-0.3, -0.25) is 4.79 Å². The van der Waals surface area contributed by atoms with Crippen molar-refractivity contribution in [1.82, 2.24) is 14.9 Å². The molecule has 1 atom stereocenters. The van der Waals surface area contributed by atoms with Crippen LogP contribution in [0.4, 0.5) is 0 Å². The fourth-order valence-corrected chi connectivity index (χ4v) is 4.82. The van der Waals surface area contributed by atoms with Crippen LogP contribution in [0.1, 0.15) is 34.2 Å². The van der Waals surface area contributed by atoms with E-state index < -0.39 is 0 Å². The highest BCUT2D eigenvalue weighted by Gasteiger charge is 2.33. The molecule has 0 radical (unpaired) electrons. The number of para-hydroxylation sites is 2. The summed E-state index contributed by atoms with van der Waals surface area (Å²) in [6.07, 6.45) is 3.84. The minimum absolute atomic E-state index is 0.0820. The van der Waals surface area contributed by atoms with Crippen LogP contribution in [0.25, 0.3) is 21.1 Å². The largest absolute Gasteiger partial charge is 0.360 e. The molecule has 3 heterocycles. The van der Waals surface area contributed by atoms with Crippen molar-refractivity contribution in [2.24, 2.45) is 0 Å². The molecule has 1 N–H and O–H groups in total. The SMILES string of the molecule is O=C(c1c[nH]c2ccccc12)N1CCCC1c1nc2ccccc2s1. The monoisotopic (exact) mass is 347 g/mol. The summed E-state index contributed by atoms with van der Waals surface area (Å²) < 4.78 is 1.18. The number of H-pyrrole nitrogens is 1. The first-order valence-corrected chi connectivity index (χ1v) is 9.35. The normalized spacial score (nSPS) is 17.6. The van der Waals surface area contributed by atoms with Crippen molar-refractivity contribution in [3.8, 4) is 0 Å². The highest BCUT2D eigenvalue weighted by Crippen LogP contribution is 2.37. The molecule has 0 bridgehead atoms. The molecule has 4 aromatic rings. The van der Waals surface area contributed by atoms with Crippen LogP contribution in [0, 0.1) is 0 Å². The van der Waals surface area contributed by atoms with Gasteiger partial charge in [-0.2, -0.15) is 0 Å². The van der Waals surface area contributed by atoms with Crippen molar-refractivity contribution >= 4 is 38.4 Å². The molecule has 0 aliphatic carbocycles. The van der Waals surface area contributed by atoms with E-state index in [0.717, 1.165) is 46.4 Å². The number of carbonyl (C=O) groups is 1. The van der Waals surface area contributed by atoms with E-state index in [2.05, 4.69) is 11.1 Å². The number of likely N-dealkylation sites (tertiary alicyclic amines) is 1.